The number of pyridine rings is 1. The number of nitrogens with one attached hydrogen (secondary N) is 2. The Kier molecular flexibility index (Phi) is 7.03. The standard InChI is InChI=1S/C28H31F5N6O3/c1-12-9-36-24-18-23(38-26(39-24)40-11-27-7-15(8-27)10-41-27)21(30)22(37-25(18)42-13(2)4-5-35-12)16-6-17(34)20(29)14(3)19(16)28(31,32)33/h6,12-13,15,35H,4-5,7-11,34H2,1-3H3,(H,36,38,39)/t12?,13-,15?,27?/m0/s1. The van der Waals surface area contributed by atoms with Crippen molar-refractivity contribution in [3.63, 3.8) is 0 Å². The van der Waals surface area contributed by atoms with Gasteiger partial charge in [0.1, 0.15) is 40.4 Å². The van der Waals surface area contributed by atoms with Gasteiger partial charge in [-0.15, -0.1) is 0 Å². The molecule has 9 nitrogen and oxygen atoms in total. The number of nitrogen functional groups attached to an aromatic ring is 1. The molecule has 14 heteroatoms. The predicted molar refractivity (Wildman–Crippen MR) is 144 cm³/mol. The second kappa shape index (κ2) is 10.3. The Labute approximate surface area is 238 Å². The van der Waals surface area contributed by atoms with Crippen molar-refractivity contribution in [1.82, 2.24) is 20.3 Å². The van der Waals surface area contributed by atoms with Crippen molar-refractivity contribution < 1.29 is 36.2 Å². The quantitative estimate of drug-likeness (QED) is 0.284. The van der Waals surface area contributed by atoms with Crippen LogP contribution in [0.2, 0.25) is 0 Å². The second-order valence-electron chi connectivity index (χ2n) is 11.5. The summed E-state index contributed by atoms with van der Waals surface area (Å²) in [6.45, 7) is 6.39. The van der Waals surface area contributed by atoms with Crippen LogP contribution in [0.5, 0.6) is 11.9 Å². The molecule has 2 saturated heterocycles. The summed E-state index contributed by atoms with van der Waals surface area (Å²) in [5.41, 5.74) is 0.689. The number of rotatable bonds is 4. The van der Waals surface area contributed by atoms with E-state index < -0.39 is 57.6 Å². The summed E-state index contributed by atoms with van der Waals surface area (Å²) in [7, 11) is 0. The lowest BCUT2D eigenvalue weighted by Gasteiger charge is -2.34. The zero-order valence-electron chi connectivity index (χ0n) is 23.3. The first kappa shape index (κ1) is 28.6. The fourth-order valence-corrected chi connectivity index (χ4v) is 5.93. The van der Waals surface area contributed by atoms with Crippen LogP contribution in [0.3, 0.4) is 0 Å². The summed E-state index contributed by atoms with van der Waals surface area (Å²) in [6, 6.07) is 0.536. The van der Waals surface area contributed by atoms with Gasteiger partial charge < -0.3 is 30.6 Å². The Bertz CT molecular complexity index is 1540. The molecule has 5 heterocycles. The molecule has 4 aliphatic rings. The Morgan fingerprint density at radius 1 is 1.14 bits per heavy atom. The Balaban J connectivity index is 1.57. The van der Waals surface area contributed by atoms with Gasteiger partial charge in [0.05, 0.1) is 24.0 Å². The maximum absolute atomic E-state index is 16.5. The third-order valence-electron chi connectivity index (χ3n) is 8.14. The van der Waals surface area contributed by atoms with Crippen molar-refractivity contribution in [2.75, 3.05) is 37.4 Å². The van der Waals surface area contributed by atoms with Gasteiger partial charge in [-0.3, -0.25) is 0 Å². The molecule has 1 aliphatic carbocycles. The second-order valence-corrected chi connectivity index (χ2v) is 11.5. The number of hydrogen-bond acceptors (Lipinski definition) is 9. The minimum absolute atomic E-state index is 0.0117. The zero-order chi connectivity index (χ0) is 30.0. The molecular weight excluding hydrogens is 563 g/mol. The fraction of sp³-hybridized carbons (Fsp3) is 0.536. The molecule has 2 bridgehead atoms. The third kappa shape index (κ3) is 5.04. The average Bonchev–Trinajstić information content (AvgIpc) is 3.50. The van der Waals surface area contributed by atoms with Crippen LogP contribution in [0.1, 0.15) is 44.2 Å². The normalized spacial score (nSPS) is 25.8. The molecule has 0 spiro atoms. The number of benzene rings is 1. The number of anilines is 2. The van der Waals surface area contributed by atoms with Crippen LogP contribution in [-0.2, 0) is 10.9 Å². The minimum atomic E-state index is -5.04. The third-order valence-corrected chi connectivity index (χ3v) is 8.14. The van der Waals surface area contributed by atoms with Gasteiger partial charge in [-0.1, -0.05) is 0 Å². The van der Waals surface area contributed by atoms with E-state index in [1.807, 2.05) is 6.92 Å². The Morgan fingerprint density at radius 3 is 2.60 bits per heavy atom. The van der Waals surface area contributed by atoms with Crippen molar-refractivity contribution in [3.8, 4) is 23.1 Å². The Hall–Kier alpha value is -3.52. The van der Waals surface area contributed by atoms with Gasteiger partial charge in [0, 0.05) is 18.2 Å². The molecule has 4 N–H and O–H groups in total. The number of ether oxygens (including phenoxy) is 3. The highest BCUT2D eigenvalue weighted by Gasteiger charge is 2.52. The van der Waals surface area contributed by atoms with Crippen molar-refractivity contribution >= 4 is 22.4 Å². The molecule has 7 rings (SSSR count). The number of fused-ring (bicyclic) bond motifs is 1. The molecule has 3 aliphatic heterocycles. The van der Waals surface area contributed by atoms with Gasteiger partial charge in [-0.2, -0.15) is 23.1 Å². The summed E-state index contributed by atoms with van der Waals surface area (Å²) in [5, 5.41) is 6.55. The molecule has 0 amide bonds. The first-order valence-electron chi connectivity index (χ1n) is 13.8. The SMILES string of the molecule is Cc1c(F)c(N)cc(-c2nc3c4c(nc(OCC56CC(CO5)C6)nc4c2F)NCC(C)NCC[C@H](C)O3)c1C(F)(F)F. The number of alkyl halides is 3. The minimum Gasteiger partial charge on any atom is -0.474 e. The van der Waals surface area contributed by atoms with Gasteiger partial charge in [-0.05, 0) is 64.1 Å². The van der Waals surface area contributed by atoms with Crippen molar-refractivity contribution in [1.29, 1.82) is 0 Å². The van der Waals surface area contributed by atoms with Crippen LogP contribution in [0, 0.1) is 24.5 Å². The van der Waals surface area contributed by atoms with Crippen LogP contribution < -0.4 is 25.8 Å². The average molecular weight is 595 g/mol. The van der Waals surface area contributed by atoms with Crippen molar-refractivity contribution in [2.24, 2.45) is 5.92 Å². The molecule has 3 fully saturated rings. The summed E-state index contributed by atoms with van der Waals surface area (Å²) < 4.78 is 91.6. The lowest BCUT2D eigenvalue weighted by atomic mass is 9.75. The first-order valence-corrected chi connectivity index (χ1v) is 13.8. The van der Waals surface area contributed by atoms with Gasteiger partial charge >= 0.3 is 12.2 Å². The predicted octanol–water partition coefficient (Wildman–Crippen LogP) is 5.00. The van der Waals surface area contributed by atoms with Gasteiger partial charge in [-0.25, -0.2) is 13.8 Å². The molecule has 3 aromatic rings. The lowest BCUT2D eigenvalue weighted by Crippen LogP contribution is -2.42. The summed E-state index contributed by atoms with van der Waals surface area (Å²) in [4.78, 5) is 13.0. The maximum atomic E-state index is 16.5. The summed E-state index contributed by atoms with van der Waals surface area (Å²) in [5.74, 6) is -1.97. The van der Waals surface area contributed by atoms with Crippen LogP contribution in [-0.4, -0.2) is 59.0 Å². The molecule has 42 heavy (non-hydrogen) atoms. The van der Waals surface area contributed by atoms with E-state index in [2.05, 4.69) is 25.6 Å². The highest BCUT2D eigenvalue weighted by molar-refractivity contribution is 5.96. The molecule has 1 unspecified atom stereocenters. The number of nitrogens with two attached hydrogens (primary N) is 1. The number of hydrogen-bond donors (Lipinski definition) is 3. The van der Waals surface area contributed by atoms with Crippen LogP contribution in [0.15, 0.2) is 6.07 Å². The van der Waals surface area contributed by atoms with E-state index >= 15 is 4.39 Å². The van der Waals surface area contributed by atoms with E-state index in [9.17, 15) is 17.6 Å². The number of nitrogens with zero attached hydrogens (tertiary/aromatic N) is 3. The topological polar surface area (TPSA) is 116 Å². The number of aromatic nitrogens is 3. The van der Waals surface area contributed by atoms with Gasteiger partial charge in [0.15, 0.2) is 5.82 Å². The van der Waals surface area contributed by atoms with Gasteiger partial charge in [0.25, 0.3) is 0 Å². The Morgan fingerprint density at radius 2 is 1.90 bits per heavy atom. The molecule has 2 aromatic heterocycles. The van der Waals surface area contributed by atoms with Crippen LogP contribution in [0.4, 0.5) is 33.5 Å². The molecule has 1 saturated carbocycles. The maximum Gasteiger partial charge on any atom is 0.417 e. The van der Waals surface area contributed by atoms with E-state index in [0.29, 0.717) is 32.0 Å². The lowest BCUT2D eigenvalue weighted by molar-refractivity contribution is -0.137. The molecule has 0 radical (unpaired) electrons. The van der Waals surface area contributed by atoms with Crippen LogP contribution in [0.25, 0.3) is 22.2 Å². The van der Waals surface area contributed by atoms with E-state index in [0.717, 1.165) is 25.8 Å². The highest BCUT2D eigenvalue weighted by atomic mass is 19.4. The molecule has 226 valence electrons. The smallest absolute Gasteiger partial charge is 0.417 e. The van der Waals surface area contributed by atoms with E-state index in [1.54, 1.807) is 6.92 Å². The molecule has 1 aromatic carbocycles. The monoisotopic (exact) mass is 594 g/mol. The van der Waals surface area contributed by atoms with Crippen LogP contribution >= 0.6 is 0 Å². The van der Waals surface area contributed by atoms with Gasteiger partial charge in [0.2, 0.25) is 5.88 Å². The van der Waals surface area contributed by atoms with E-state index in [1.165, 1.54) is 0 Å². The molecule has 2 atom stereocenters. The highest BCUT2D eigenvalue weighted by Crippen LogP contribution is 2.49. The fourth-order valence-electron chi connectivity index (χ4n) is 5.93. The zero-order valence-corrected chi connectivity index (χ0v) is 23.3. The summed E-state index contributed by atoms with van der Waals surface area (Å²) in [6.07, 6.45) is -3.32. The number of halogens is 5. The summed E-state index contributed by atoms with van der Waals surface area (Å²) >= 11 is 0. The first-order chi connectivity index (χ1) is 19.8. The van der Waals surface area contributed by atoms with E-state index in [4.69, 9.17) is 19.9 Å². The largest absolute Gasteiger partial charge is 0.474 e. The van der Waals surface area contributed by atoms with Crippen molar-refractivity contribution in [3.05, 3.63) is 28.8 Å². The van der Waals surface area contributed by atoms with Crippen molar-refractivity contribution in [2.45, 2.75) is 64.0 Å². The van der Waals surface area contributed by atoms with E-state index in [-0.39, 0.29) is 41.3 Å². The molecular formula is C28H31F5N6O3.